The van der Waals surface area contributed by atoms with Gasteiger partial charge in [0.15, 0.2) is 11.7 Å². The highest BCUT2D eigenvalue weighted by Gasteiger charge is 2.31. The standard InChI is InChI=1S/C17H20N2O4/c1-2-23-12-5-7-19(8-6-12)11-3-4-13-15(9-11)18-10-14(16(13)20)17(21)22/h3-4,9-10,12,14H,2,5-8H2,1H3,(H,21,22). The fraction of sp³-hybridized carbons (Fsp3) is 0.471. The van der Waals surface area contributed by atoms with Crippen molar-refractivity contribution >= 4 is 29.3 Å². The van der Waals surface area contributed by atoms with Crippen LogP contribution in [-0.2, 0) is 9.53 Å². The summed E-state index contributed by atoms with van der Waals surface area (Å²) in [4.78, 5) is 29.6. The maximum Gasteiger partial charge on any atom is 0.319 e. The summed E-state index contributed by atoms with van der Waals surface area (Å²) in [7, 11) is 0. The van der Waals surface area contributed by atoms with Crippen LogP contribution in [0.15, 0.2) is 23.2 Å². The lowest BCUT2D eigenvalue weighted by Gasteiger charge is -2.33. The predicted molar refractivity (Wildman–Crippen MR) is 86.9 cm³/mol. The number of carboxylic acid groups (broad SMARTS) is 1. The van der Waals surface area contributed by atoms with Crippen molar-refractivity contribution in [1.29, 1.82) is 0 Å². The molecule has 122 valence electrons. The number of piperidine rings is 1. The lowest BCUT2D eigenvalue weighted by atomic mass is 9.94. The number of carbonyl (C=O) groups is 2. The van der Waals surface area contributed by atoms with Crippen LogP contribution in [-0.4, -0.2) is 48.9 Å². The third-order valence-corrected chi connectivity index (χ3v) is 4.37. The zero-order chi connectivity index (χ0) is 16.4. The fourth-order valence-corrected chi connectivity index (χ4v) is 3.11. The number of nitrogens with zero attached hydrogens (tertiary/aromatic N) is 2. The number of hydrogen-bond donors (Lipinski definition) is 1. The molecule has 6 nitrogen and oxygen atoms in total. The van der Waals surface area contributed by atoms with E-state index in [1.807, 2.05) is 19.1 Å². The van der Waals surface area contributed by atoms with E-state index in [0.717, 1.165) is 38.2 Å². The maximum atomic E-state index is 12.2. The molecule has 23 heavy (non-hydrogen) atoms. The zero-order valence-electron chi connectivity index (χ0n) is 13.1. The molecular formula is C17H20N2O4. The van der Waals surface area contributed by atoms with Gasteiger partial charge in [0.25, 0.3) is 0 Å². The van der Waals surface area contributed by atoms with E-state index in [-0.39, 0.29) is 0 Å². The molecule has 6 heteroatoms. The van der Waals surface area contributed by atoms with Gasteiger partial charge >= 0.3 is 5.97 Å². The van der Waals surface area contributed by atoms with Crippen molar-refractivity contribution in [1.82, 2.24) is 0 Å². The predicted octanol–water partition coefficient (Wildman–Crippen LogP) is 2.29. The van der Waals surface area contributed by atoms with E-state index in [2.05, 4.69) is 9.89 Å². The van der Waals surface area contributed by atoms with Crippen LogP contribution in [0.4, 0.5) is 11.4 Å². The number of fused-ring (bicyclic) bond motifs is 1. The Hall–Kier alpha value is -2.21. The summed E-state index contributed by atoms with van der Waals surface area (Å²) < 4.78 is 5.66. The molecule has 3 rings (SSSR count). The Morgan fingerprint density at radius 2 is 2.13 bits per heavy atom. The van der Waals surface area contributed by atoms with Crippen LogP contribution in [0.2, 0.25) is 0 Å². The van der Waals surface area contributed by atoms with Crippen LogP contribution in [0, 0.1) is 5.92 Å². The third-order valence-electron chi connectivity index (χ3n) is 4.37. The molecule has 0 saturated carbocycles. The van der Waals surface area contributed by atoms with Gasteiger partial charge in [-0.05, 0) is 38.0 Å². The molecule has 1 saturated heterocycles. The number of carboxylic acids is 1. The minimum Gasteiger partial charge on any atom is -0.480 e. The molecule has 1 fully saturated rings. The van der Waals surface area contributed by atoms with Crippen molar-refractivity contribution in [2.24, 2.45) is 10.9 Å². The Bertz CT molecular complexity index is 648. The second-order valence-corrected chi connectivity index (χ2v) is 5.80. The quantitative estimate of drug-likeness (QED) is 0.862. The molecule has 1 aromatic rings. The number of ether oxygens (including phenoxy) is 1. The summed E-state index contributed by atoms with van der Waals surface area (Å²) in [6, 6.07) is 5.42. The number of carbonyl (C=O) groups excluding carboxylic acids is 1. The largest absolute Gasteiger partial charge is 0.480 e. The number of ketones is 1. The average molecular weight is 316 g/mol. The molecule has 1 atom stereocenters. The second kappa shape index (κ2) is 6.50. The van der Waals surface area contributed by atoms with E-state index >= 15 is 0 Å². The number of benzene rings is 1. The number of rotatable bonds is 4. The summed E-state index contributed by atoms with van der Waals surface area (Å²) in [5, 5.41) is 9.03. The molecule has 1 unspecified atom stereocenters. The Kier molecular flexibility index (Phi) is 4.43. The molecule has 0 aromatic heterocycles. The van der Waals surface area contributed by atoms with Gasteiger partial charge in [-0.25, -0.2) is 0 Å². The molecule has 1 aromatic carbocycles. The minimum absolute atomic E-state index is 0.324. The molecule has 0 spiro atoms. The van der Waals surface area contributed by atoms with Gasteiger partial charge in [-0.2, -0.15) is 0 Å². The SMILES string of the molecule is CCOC1CCN(c2ccc3c(c2)N=CC(C(=O)O)C3=O)CC1. The van der Waals surface area contributed by atoms with Gasteiger partial charge < -0.3 is 14.7 Å². The van der Waals surface area contributed by atoms with Crippen LogP contribution in [0.3, 0.4) is 0 Å². The van der Waals surface area contributed by atoms with Crippen molar-refractivity contribution < 1.29 is 19.4 Å². The lowest BCUT2D eigenvalue weighted by molar-refractivity contribution is -0.137. The van der Waals surface area contributed by atoms with Crippen LogP contribution in [0.5, 0.6) is 0 Å². The first-order chi connectivity index (χ1) is 11.1. The number of hydrogen-bond acceptors (Lipinski definition) is 5. The smallest absolute Gasteiger partial charge is 0.319 e. The Balaban J connectivity index is 1.76. The molecule has 2 aliphatic rings. The molecular weight excluding hydrogens is 296 g/mol. The van der Waals surface area contributed by atoms with E-state index in [1.54, 1.807) is 6.07 Å². The first-order valence-electron chi connectivity index (χ1n) is 7.92. The summed E-state index contributed by atoms with van der Waals surface area (Å²) in [6.45, 7) is 4.55. The normalized spacial score (nSPS) is 21.3. The van der Waals surface area contributed by atoms with Gasteiger partial charge in [0.05, 0.1) is 11.8 Å². The van der Waals surface area contributed by atoms with Crippen molar-refractivity contribution in [2.75, 3.05) is 24.6 Å². The van der Waals surface area contributed by atoms with Crippen molar-refractivity contribution in [3.8, 4) is 0 Å². The minimum atomic E-state index is -1.17. The summed E-state index contributed by atoms with van der Waals surface area (Å²) in [6.07, 6.45) is 3.50. The van der Waals surface area contributed by atoms with Gasteiger partial charge in [0.2, 0.25) is 0 Å². The van der Waals surface area contributed by atoms with Crippen LogP contribution in [0.25, 0.3) is 0 Å². The second-order valence-electron chi connectivity index (χ2n) is 5.80. The van der Waals surface area contributed by atoms with Crippen LogP contribution < -0.4 is 4.90 Å². The molecule has 0 aliphatic carbocycles. The van der Waals surface area contributed by atoms with E-state index < -0.39 is 17.7 Å². The van der Waals surface area contributed by atoms with Gasteiger partial charge in [-0.1, -0.05) is 0 Å². The third kappa shape index (κ3) is 3.12. The number of anilines is 1. The van der Waals surface area contributed by atoms with Crippen LogP contribution >= 0.6 is 0 Å². The van der Waals surface area contributed by atoms with Gasteiger partial charge in [0.1, 0.15) is 0 Å². The van der Waals surface area contributed by atoms with Crippen molar-refractivity contribution in [3.63, 3.8) is 0 Å². The van der Waals surface area contributed by atoms with E-state index in [1.165, 1.54) is 6.21 Å². The van der Waals surface area contributed by atoms with Crippen molar-refractivity contribution in [2.45, 2.75) is 25.9 Å². The molecule has 0 radical (unpaired) electrons. The van der Waals surface area contributed by atoms with E-state index in [4.69, 9.17) is 9.84 Å². The number of aliphatic imine (C=N–C) groups is 1. The van der Waals surface area contributed by atoms with Gasteiger partial charge in [-0.15, -0.1) is 0 Å². The molecule has 0 bridgehead atoms. The number of Topliss-reactive ketones (excluding diaryl/α,β-unsaturated/α-hetero) is 1. The first kappa shape index (κ1) is 15.7. The highest BCUT2D eigenvalue weighted by molar-refractivity contribution is 6.22. The van der Waals surface area contributed by atoms with E-state index in [0.29, 0.717) is 17.4 Å². The Labute approximate surface area is 134 Å². The first-order valence-corrected chi connectivity index (χ1v) is 7.92. The summed E-state index contributed by atoms with van der Waals surface area (Å²) in [5.74, 6) is -2.73. The molecule has 2 heterocycles. The van der Waals surface area contributed by atoms with Gasteiger partial charge in [-0.3, -0.25) is 14.6 Å². The Morgan fingerprint density at radius 1 is 1.39 bits per heavy atom. The van der Waals surface area contributed by atoms with E-state index in [9.17, 15) is 9.59 Å². The molecule has 1 N–H and O–H groups in total. The highest BCUT2D eigenvalue weighted by Crippen LogP contribution is 2.32. The summed E-state index contributed by atoms with van der Waals surface area (Å²) in [5.41, 5.74) is 1.95. The molecule has 2 aliphatic heterocycles. The maximum absolute atomic E-state index is 12.2. The monoisotopic (exact) mass is 316 g/mol. The molecule has 0 amide bonds. The number of aliphatic carboxylic acids is 1. The summed E-state index contributed by atoms with van der Waals surface area (Å²) >= 11 is 0. The topological polar surface area (TPSA) is 79.2 Å². The lowest BCUT2D eigenvalue weighted by Crippen LogP contribution is -2.37. The van der Waals surface area contributed by atoms with Crippen LogP contribution in [0.1, 0.15) is 30.1 Å². The van der Waals surface area contributed by atoms with Gasteiger partial charge in [0, 0.05) is 37.2 Å². The van der Waals surface area contributed by atoms with Crippen molar-refractivity contribution in [3.05, 3.63) is 23.8 Å². The Morgan fingerprint density at radius 3 is 2.78 bits per heavy atom. The highest BCUT2D eigenvalue weighted by atomic mass is 16.5. The average Bonchev–Trinajstić information content (AvgIpc) is 2.55. The fourth-order valence-electron chi connectivity index (χ4n) is 3.11. The zero-order valence-corrected chi connectivity index (χ0v) is 13.1.